The molecule has 1 aliphatic rings. The van der Waals surface area contributed by atoms with Crippen LogP contribution in [0.1, 0.15) is 6.42 Å². The van der Waals surface area contributed by atoms with Crippen LogP contribution in [0.2, 0.25) is 0 Å². The molecular formula is C30H36N8O. The summed E-state index contributed by atoms with van der Waals surface area (Å²) >= 11 is 0. The van der Waals surface area contributed by atoms with Crippen LogP contribution < -0.4 is 16.0 Å². The van der Waals surface area contributed by atoms with Crippen LogP contribution in [0.5, 0.6) is 0 Å². The summed E-state index contributed by atoms with van der Waals surface area (Å²) in [7, 11) is 9.88. The number of methoxy groups -OCH3 is 1. The molecule has 0 bridgehead atoms. The fraction of sp³-hybridized carbons (Fsp3) is 0.300. The second kappa shape index (κ2) is 11.3. The van der Waals surface area contributed by atoms with Crippen LogP contribution in [0.4, 0.5) is 11.8 Å². The van der Waals surface area contributed by atoms with Crippen molar-refractivity contribution < 1.29 is 4.74 Å². The molecule has 0 aliphatic heterocycles. The normalized spacial score (nSPS) is 19.1. The molecule has 0 radical (unpaired) electrons. The Balaban J connectivity index is 1.50. The van der Waals surface area contributed by atoms with Crippen LogP contribution in [0.3, 0.4) is 0 Å². The Labute approximate surface area is 229 Å². The van der Waals surface area contributed by atoms with E-state index in [9.17, 15) is 0 Å². The molecule has 3 N–H and O–H groups in total. The van der Waals surface area contributed by atoms with Crippen molar-refractivity contribution >= 4 is 22.7 Å². The molecule has 9 nitrogen and oxygen atoms in total. The van der Waals surface area contributed by atoms with Gasteiger partial charge in [0.15, 0.2) is 0 Å². The molecule has 4 aromatic rings. The first kappa shape index (κ1) is 26.4. The van der Waals surface area contributed by atoms with Gasteiger partial charge in [-0.2, -0.15) is 0 Å². The van der Waals surface area contributed by atoms with E-state index in [1.807, 2.05) is 50.5 Å². The molecule has 3 heterocycles. The van der Waals surface area contributed by atoms with E-state index < -0.39 is 5.54 Å². The molecule has 0 saturated carbocycles. The molecule has 9 heteroatoms. The van der Waals surface area contributed by atoms with Crippen molar-refractivity contribution in [3.05, 3.63) is 90.7 Å². The number of hydrogen-bond acceptors (Lipinski definition) is 8. The lowest BCUT2D eigenvalue weighted by atomic mass is 9.81. The highest BCUT2D eigenvalue weighted by Gasteiger charge is 2.39. The second-order valence-electron chi connectivity index (χ2n) is 10.0. The van der Waals surface area contributed by atoms with Crippen LogP contribution in [-0.4, -0.2) is 70.8 Å². The van der Waals surface area contributed by atoms with Crippen LogP contribution in [0, 0.1) is 0 Å². The summed E-state index contributed by atoms with van der Waals surface area (Å²) in [4.78, 5) is 16.1. The number of hydrogen-bond donors (Lipinski definition) is 3. The van der Waals surface area contributed by atoms with Gasteiger partial charge in [0.2, 0.25) is 5.95 Å². The number of likely N-dealkylation sites (N-methyl/N-ethyl adjacent to an activating group) is 1. The first-order valence-corrected chi connectivity index (χ1v) is 13.1. The zero-order chi connectivity index (χ0) is 27.4. The quantitative estimate of drug-likeness (QED) is 0.284. The Kier molecular flexibility index (Phi) is 7.63. The topological polar surface area (TPSA) is 92.2 Å². The lowest BCUT2D eigenvalue weighted by Crippen LogP contribution is -2.57. The monoisotopic (exact) mass is 524 g/mol. The fourth-order valence-electron chi connectivity index (χ4n) is 5.07. The number of nitrogens with one attached hydrogen (secondary N) is 3. The second-order valence-corrected chi connectivity index (χ2v) is 10.0. The molecular weight excluding hydrogens is 488 g/mol. The third-order valence-electron chi connectivity index (χ3n) is 7.24. The van der Waals surface area contributed by atoms with Gasteiger partial charge in [-0.05, 0) is 70.5 Å². The van der Waals surface area contributed by atoms with E-state index in [0.29, 0.717) is 5.95 Å². The summed E-state index contributed by atoms with van der Waals surface area (Å²) in [5.41, 5.74) is 3.44. The van der Waals surface area contributed by atoms with Crippen molar-refractivity contribution in [1.82, 2.24) is 29.7 Å². The Morgan fingerprint density at radius 1 is 1.05 bits per heavy atom. The van der Waals surface area contributed by atoms with E-state index in [1.165, 1.54) is 0 Å². The Bertz CT molecular complexity index is 1490. The third kappa shape index (κ3) is 5.50. The SMILES string of the molecule is CNC1(CCN(C)C)C=C(OC)C(Nc2nccc(-c3cn(C)c4ccccc34)n2)=CC1Nc1ccccn1. The maximum atomic E-state index is 5.89. The minimum absolute atomic E-state index is 0.125. The van der Waals surface area contributed by atoms with Gasteiger partial charge in [-0.1, -0.05) is 24.3 Å². The summed E-state index contributed by atoms with van der Waals surface area (Å²) in [5.74, 6) is 2.02. The number of pyridine rings is 1. The fourth-order valence-corrected chi connectivity index (χ4v) is 5.07. The molecule has 3 aromatic heterocycles. The first-order chi connectivity index (χ1) is 18.9. The minimum Gasteiger partial charge on any atom is -0.495 e. The molecule has 39 heavy (non-hydrogen) atoms. The average Bonchev–Trinajstić information content (AvgIpc) is 3.30. The number of aromatic nitrogens is 4. The molecule has 0 spiro atoms. The van der Waals surface area contributed by atoms with Crippen LogP contribution in [0.15, 0.2) is 90.7 Å². The van der Waals surface area contributed by atoms with E-state index in [-0.39, 0.29) is 6.04 Å². The molecule has 2 atom stereocenters. The molecule has 202 valence electrons. The van der Waals surface area contributed by atoms with Crippen molar-refractivity contribution in [1.29, 1.82) is 0 Å². The Morgan fingerprint density at radius 2 is 1.87 bits per heavy atom. The molecule has 1 aliphatic carbocycles. The van der Waals surface area contributed by atoms with Gasteiger partial charge in [-0.25, -0.2) is 15.0 Å². The van der Waals surface area contributed by atoms with Crippen molar-refractivity contribution in [3.8, 4) is 11.3 Å². The summed E-state index contributed by atoms with van der Waals surface area (Å²) in [6.45, 7) is 0.890. The van der Waals surface area contributed by atoms with Crippen LogP contribution >= 0.6 is 0 Å². The standard InChI is InChI=1S/C30H36N8O/c1-31-30(14-17-37(2)3)19-26(39-5)24(18-27(30)36-28-12-8-9-15-32-28)35-29-33-16-13-23(34-29)22-20-38(4)25-11-7-6-10-21(22)25/h6-13,15-16,18-20,27,31H,14,17H2,1-5H3,(H,32,36)(H,33,34,35). The Morgan fingerprint density at radius 3 is 2.62 bits per heavy atom. The summed E-state index contributed by atoms with van der Waals surface area (Å²) in [6.07, 6.45) is 10.8. The summed E-state index contributed by atoms with van der Waals surface area (Å²) < 4.78 is 8.01. The third-order valence-corrected chi connectivity index (χ3v) is 7.24. The highest BCUT2D eigenvalue weighted by molar-refractivity contribution is 5.95. The van der Waals surface area contributed by atoms with Crippen molar-refractivity contribution in [2.24, 2.45) is 7.05 Å². The average molecular weight is 525 g/mol. The smallest absolute Gasteiger partial charge is 0.227 e. The number of rotatable bonds is 10. The first-order valence-electron chi connectivity index (χ1n) is 13.1. The summed E-state index contributed by atoms with van der Waals surface area (Å²) in [6, 6.07) is 16.0. The number of fused-ring (bicyclic) bond motifs is 1. The van der Waals surface area contributed by atoms with E-state index >= 15 is 0 Å². The van der Waals surface area contributed by atoms with Gasteiger partial charge in [-0.3, -0.25) is 0 Å². The van der Waals surface area contributed by atoms with E-state index in [2.05, 4.69) is 80.0 Å². The zero-order valence-electron chi connectivity index (χ0n) is 23.1. The number of nitrogens with zero attached hydrogens (tertiary/aromatic N) is 5. The van der Waals surface area contributed by atoms with Gasteiger partial charge in [-0.15, -0.1) is 0 Å². The number of anilines is 2. The van der Waals surface area contributed by atoms with E-state index in [1.54, 1.807) is 19.5 Å². The molecule has 0 saturated heterocycles. The van der Waals surface area contributed by atoms with Crippen LogP contribution in [0.25, 0.3) is 22.2 Å². The molecule has 0 fully saturated rings. The van der Waals surface area contributed by atoms with Crippen LogP contribution in [-0.2, 0) is 11.8 Å². The van der Waals surface area contributed by atoms with Gasteiger partial charge in [0.25, 0.3) is 0 Å². The molecule has 0 amide bonds. The highest BCUT2D eigenvalue weighted by atomic mass is 16.5. The molecule has 1 aromatic carbocycles. The summed E-state index contributed by atoms with van der Waals surface area (Å²) in [5, 5.41) is 11.8. The Hall–Kier alpha value is -4.21. The van der Waals surface area contributed by atoms with Crippen molar-refractivity contribution in [2.75, 3.05) is 45.4 Å². The highest BCUT2D eigenvalue weighted by Crippen LogP contribution is 2.33. The number of para-hydroxylation sites is 1. The van der Waals surface area contributed by atoms with Gasteiger partial charge in [0.05, 0.1) is 30.1 Å². The van der Waals surface area contributed by atoms with Gasteiger partial charge in [0.1, 0.15) is 11.6 Å². The van der Waals surface area contributed by atoms with Crippen molar-refractivity contribution in [2.45, 2.75) is 18.0 Å². The lowest BCUT2D eigenvalue weighted by Gasteiger charge is -2.41. The van der Waals surface area contributed by atoms with Gasteiger partial charge >= 0.3 is 0 Å². The largest absolute Gasteiger partial charge is 0.495 e. The predicted molar refractivity (Wildman–Crippen MR) is 157 cm³/mol. The molecule has 2 unspecified atom stereocenters. The minimum atomic E-state index is -0.413. The maximum absolute atomic E-state index is 5.89. The maximum Gasteiger partial charge on any atom is 0.227 e. The number of aryl methyl sites for hydroxylation is 1. The van der Waals surface area contributed by atoms with Crippen molar-refractivity contribution in [3.63, 3.8) is 0 Å². The van der Waals surface area contributed by atoms with Gasteiger partial charge < -0.3 is 30.2 Å². The number of benzene rings is 1. The number of ether oxygens (including phenoxy) is 1. The predicted octanol–water partition coefficient (Wildman–Crippen LogP) is 4.26. The lowest BCUT2D eigenvalue weighted by molar-refractivity contribution is 0.264. The van der Waals surface area contributed by atoms with E-state index in [4.69, 9.17) is 9.72 Å². The van der Waals surface area contributed by atoms with Gasteiger partial charge in [0, 0.05) is 42.1 Å². The molecule has 5 rings (SSSR count). The van der Waals surface area contributed by atoms with E-state index in [0.717, 1.165) is 52.4 Å². The zero-order valence-corrected chi connectivity index (χ0v) is 23.1.